The van der Waals surface area contributed by atoms with Crippen molar-refractivity contribution in [2.24, 2.45) is 0 Å². The van der Waals surface area contributed by atoms with Gasteiger partial charge in [0, 0.05) is 12.1 Å². The fourth-order valence-corrected chi connectivity index (χ4v) is 1.89. The van der Waals surface area contributed by atoms with Gasteiger partial charge in [0.15, 0.2) is 0 Å². The van der Waals surface area contributed by atoms with E-state index in [1.807, 2.05) is 0 Å². The first-order chi connectivity index (χ1) is 6.29. The van der Waals surface area contributed by atoms with Crippen LogP contribution < -0.4 is 5.32 Å². The lowest BCUT2D eigenvalue weighted by Gasteiger charge is -2.10. The normalized spacial score (nSPS) is 21.5. The highest BCUT2D eigenvalue weighted by Crippen LogP contribution is 2.36. The molecule has 1 heterocycles. The zero-order chi connectivity index (χ0) is 9.26. The van der Waals surface area contributed by atoms with Gasteiger partial charge in [-0.2, -0.15) is 0 Å². The Labute approximate surface area is 81.9 Å². The van der Waals surface area contributed by atoms with E-state index in [2.05, 4.69) is 5.32 Å². The van der Waals surface area contributed by atoms with Crippen LogP contribution in [0.2, 0.25) is 5.02 Å². The van der Waals surface area contributed by atoms with E-state index in [9.17, 15) is 4.39 Å². The summed E-state index contributed by atoms with van der Waals surface area (Å²) in [6.07, 6.45) is 0.565. The maximum absolute atomic E-state index is 13.5. The van der Waals surface area contributed by atoms with E-state index in [0.29, 0.717) is 17.0 Å². The number of para-hydroxylation sites is 1. The third-order valence-corrected chi connectivity index (χ3v) is 2.63. The third-order valence-electron chi connectivity index (χ3n) is 2.32. The summed E-state index contributed by atoms with van der Waals surface area (Å²) in [7, 11) is 0. The Morgan fingerprint density at radius 3 is 3.15 bits per heavy atom. The van der Waals surface area contributed by atoms with Crippen LogP contribution in [0.4, 0.5) is 10.1 Å². The molecule has 1 aliphatic heterocycles. The number of rotatable bonds is 0. The molecule has 0 fully saturated rings. The number of nitrogens with one attached hydrogen (secondary N) is 1. The summed E-state index contributed by atoms with van der Waals surface area (Å²) >= 11 is 5.95. The number of fused-ring (bicyclic) bond motifs is 1. The van der Waals surface area contributed by atoms with Gasteiger partial charge in [-0.05, 0) is 18.9 Å². The molecule has 0 bridgehead atoms. The fraction of sp³-hybridized carbons (Fsp3) is 0.400. The molecule has 1 unspecified atom stereocenters. The zero-order valence-electron chi connectivity index (χ0n) is 7.19. The van der Waals surface area contributed by atoms with Crippen LogP contribution in [-0.4, -0.2) is 6.54 Å². The van der Waals surface area contributed by atoms with Gasteiger partial charge in [0.25, 0.3) is 0 Å². The number of hydrogen-bond donors (Lipinski definition) is 1. The number of alkyl halides is 1. The van der Waals surface area contributed by atoms with Crippen LogP contribution in [-0.2, 0) is 0 Å². The van der Waals surface area contributed by atoms with Gasteiger partial charge in [0.1, 0.15) is 6.17 Å². The number of halogens is 2. The van der Waals surface area contributed by atoms with Gasteiger partial charge in [-0.15, -0.1) is 0 Å². The standard InChI is InChI=1S/C10H11ClFN/c11-8-4-1-3-7-9(12)5-2-6-13-10(7)8/h1,3-4,9,13H,2,5-6H2. The Morgan fingerprint density at radius 1 is 1.46 bits per heavy atom. The topological polar surface area (TPSA) is 12.0 Å². The van der Waals surface area contributed by atoms with Crippen molar-refractivity contribution in [3.63, 3.8) is 0 Å². The summed E-state index contributed by atoms with van der Waals surface area (Å²) in [5.41, 5.74) is 1.47. The summed E-state index contributed by atoms with van der Waals surface area (Å²) in [4.78, 5) is 0. The molecular formula is C10H11ClFN. The van der Waals surface area contributed by atoms with Gasteiger partial charge in [-0.1, -0.05) is 23.7 Å². The van der Waals surface area contributed by atoms with Gasteiger partial charge in [0.05, 0.1) is 10.7 Å². The largest absolute Gasteiger partial charge is 0.384 e. The molecule has 3 heteroatoms. The van der Waals surface area contributed by atoms with Gasteiger partial charge < -0.3 is 5.32 Å². The van der Waals surface area contributed by atoms with Crippen LogP contribution in [0.15, 0.2) is 18.2 Å². The van der Waals surface area contributed by atoms with Crippen LogP contribution >= 0.6 is 11.6 Å². The molecule has 2 rings (SSSR count). The van der Waals surface area contributed by atoms with Crippen LogP contribution in [0, 0.1) is 0 Å². The Morgan fingerprint density at radius 2 is 2.31 bits per heavy atom. The molecule has 1 aromatic carbocycles. The molecule has 70 valence electrons. The van der Waals surface area contributed by atoms with E-state index in [0.717, 1.165) is 18.7 Å². The van der Waals surface area contributed by atoms with Crippen molar-refractivity contribution in [2.75, 3.05) is 11.9 Å². The minimum atomic E-state index is -0.872. The molecule has 13 heavy (non-hydrogen) atoms. The Bertz CT molecular complexity index is 314. The van der Waals surface area contributed by atoms with Crippen LogP contribution in [0.25, 0.3) is 0 Å². The van der Waals surface area contributed by atoms with E-state index in [-0.39, 0.29) is 0 Å². The highest BCUT2D eigenvalue weighted by Gasteiger charge is 2.18. The van der Waals surface area contributed by atoms with Gasteiger partial charge in [-0.25, -0.2) is 4.39 Å². The molecule has 1 aromatic rings. The van der Waals surface area contributed by atoms with Crippen molar-refractivity contribution in [1.82, 2.24) is 0 Å². The summed E-state index contributed by atoms with van der Waals surface area (Å²) in [5.74, 6) is 0. The van der Waals surface area contributed by atoms with Crippen LogP contribution in [0.3, 0.4) is 0 Å². The van der Waals surface area contributed by atoms with Gasteiger partial charge >= 0.3 is 0 Å². The summed E-state index contributed by atoms with van der Waals surface area (Å²) in [5, 5.41) is 3.76. The number of benzene rings is 1. The number of hydrogen-bond acceptors (Lipinski definition) is 1. The fourth-order valence-electron chi connectivity index (χ4n) is 1.64. The molecule has 0 spiro atoms. The van der Waals surface area contributed by atoms with Crippen molar-refractivity contribution in [3.8, 4) is 0 Å². The van der Waals surface area contributed by atoms with E-state index < -0.39 is 6.17 Å². The predicted molar refractivity (Wildman–Crippen MR) is 53.0 cm³/mol. The molecule has 0 amide bonds. The average molecular weight is 200 g/mol. The molecule has 0 aromatic heterocycles. The predicted octanol–water partition coefficient (Wildman–Crippen LogP) is 3.56. The zero-order valence-corrected chi connectivity index (χ0v) is 7.94. The minimum absolute atomic E-state index is 0.584. The molecular weight excluding hydrogens is 189 g/mol. The highest BCUT2D eigenvalue weighted by atomic mass is 35.5. The molecule has 1 N–H and O–H groups in total. The van der Waals surface area contributed by atoms with E-state index in [1.54, 1.807) is 18.2 Å². The second kappa shape index (κ2) is 3.54. The molecule has 0 radical (unpaired) electrons. The average Bonchev–Trinajstić information content (AvgIpc) is 2.30. The van der Waals surface area contributed by atoms with E-state index in [4.69, 9.17) is 11.6 Å². The molecule has 0 saturated carbocycles. The molecule has 0 aliphatic carbocycles. The third kappa shape index (κ3) is 1.63. The number of anilines is 1. The second-order valence-corrected chi connectivity index (χ2v) is 3.65. The summed E-state index contributed by atoms with van der Waals surface area (Å²) < 4.78 is 13.5. The van der Waals surface area contributed by atoms with Gasteiger partial charge in [-0.3, -0.25) is 0 Å². The second-order valence-electron chi connectivity index (χ2n) is 3.24. The minimum Gasteiger partial charge on any atom is -0.384 e. The summed E-state index contributed by atoms with van der Waals surface area (Å²) in [6, 6.07) is 5.37. The lowest BCUT2D eigenvalue weighted by Crippen LogP contribution is -1.99. The van der Waals surface area contributed by atoms with E-state index in [1.165, 1.54) is 0 Å². The Balaban J connectivity index is 2.47. The first-order valence-electron chi connectivity index (χ1n) is 4.45. The van der Waals surface area contributed by atoms with Crippen molar-refractivity contribution >= 4 is 17.3 Å². The van der Waals surface area contributed by atoms with Gasteiger partial charge in [0.2, 0.25) is 0 Å². The molecule has 1 atom stereocenters. The van der Waals surface area contributed by atoms with Crippen molar-refractivity contribution in [3.05, 3.63) is 28.8 Å². The SMILES string of the molecule is FC1CCCNc2c(Cl)cccc21. The van der Waals surface area contributed by atoms with Crippen molar-refractivity contribution in [1.29, 1.82) is 0 Å². The molecule has 1 aliphatic rings. The maximum atomic E-state index is 13.5. The van der Waals surface area contributed by atoms with E-state index >= 15 is 0 Å². The molecule has 1 nitrogen and oxygen atoms in total. The maximum Gasteiger partial charge on any atom is 0.127 e. The van der Waals surface area contributed by atoms with Crippen molar-refractivity contribution in [2.45, 2.75) is 19.0 Å². The first-order valence-corrected chi connectivity index (χ1v) is 4.83. The Hall–Kier alpha value is -0.760. The lowest BCUT2D eigenvalue weighted by molar-refractivity contribution is 0.324. The lowest BCUT2D eigenvalue weighted by atomic mass is 10.1. The van der Waals surface area contributed by atoms with Crippen LogP contribution in [0.5, 0.6) is 0 Å². The highest BCUT2D eigenvalue weighted by molar-refractivity contribution is 6.33. The monoisotopic (exact) mass is 199 g/mol. The smallest absolute Gasteiger partial charge is 0.127 e. The quantitative estimate of drug-likeness (QED) is 0.674. The molecule has 0 saturated heterocycles. The van der Waals surface area contributed by atoms with Crippen LogP contribution in [0.1, 0.15) is 24.6 Å². The van der Waals surface area contributed by atoms with Crippen molar-refractivity contribution < 1.29 is 4.39 Å². The first kappa shape index (κ1) is 8.82. The Kier molecular flexibility index (Phi) is 2.40. The summed E-state index contributed by atoms with van der Waals surface area (Å²) in [6.45, 7) is 0.803.